The van der Waals surface area contributed by atoms with E-state index >= 15 is 0 Å². The zero-order chi connectivity index (χ0) is 17.0. The predicted molar refractivity (Wildman–Crippen MR) is 86.3 cm³/mol. The molecule has 2 N–H and O–H groups in total. The van der Waals surface area contributed by atoms with Crippen LogP contribution in [-0.2, 0) is 21.2 Å². The average Bonchev–Trinajstić information content (AvgIpc) is 2.48. The van der Waals surface area contributed by atoms with Crippen LogP contribution in [0.5, 0.6) is 5.75 Å². The van der Waals surface area contributed by atoms with Crippen LogP contribution >= 0.6 is 0 Å². The van der Waals surface area contributed by atoms with Gasteiger partial charge in [0.25, 0.3) is 10.0 Å². The SMILES string of the molecule is COc1ccc(S(=O)(=O)Nc2ccc(CC(=O)O)cc2)cc1C. The van der Waals surface area contributed by atoms with E-state index in [2.05, 4.69) is 4.72 Å². The molecule has 0 aliphatic carbocycles. The first-order valence-electron chi connectivity index (χ1n) is 6.80. The van der Waals surface area contributed by atoms with Crippen molar-refractivity contribution in [3.05, 3.63) is 53.6 Å². The Morgan fingerprint density at radius 3 is 2.35 bits per heavy atom. The number of sulfonamides is 1. The number of hydrogen-bond acceptors (Lipinski definition) is 4. The van der Waals surface area contributed by atoms with Crippen molar-refractivity contribution in [1.82, 2.24) is 0 Å². The molecule has 0 saturated heterocycles. The number of carboxylic acid groups (broad SMARTS) is 1. The van der Waals surface area contributed by atoms with Gasteiger partial charge in [-0.05, 0) is 48.4 Å². The summed E-state index contributed by atoms with van der Waals surface area (Å²) in [4.78, 5) is 10.8. The molecule has 6 nitrogen and oxygen atoms in total. The number of aliphatic carboxylic acids is 1. The number of carbonyl (C=O) groups is 1. The summed E-state index contributed by atoms with van der Waals surface area (Å²) in [5.74, 6) is -0.325. The maximum atomic E-state index is 12.4. The second-order valence-corrected chi connectivity index (χ2v) is 6.69. The molecule has 0 unspecified atom stereocenters. The summed E-state index contributed by atoms with van der Waals surface area (Å²) in [5, 5.41) is 8.72. The van der Waals surface area contributed by atoms with Crippen LogP contribution in [0.15, 0.2) is 47.4 Å². The summed E-state index contributed by atoms with van der Waals surface area (Å²) in [6, 6.07) is 10.8. The molecule has 0 atom stereocenters. The van der Waals surface area contributed by atoms with Crippen LogP contribution in [0.25, 0.3) is 0 Å². The summed E-state index contributed by atoms with van der Waals surface area (Å²) in [6.07, 6.45) is -0.106. The predicted octanol–water partition coefficient (Wildman–Crippen LogP) is 2.43. The highest BCUT2D eigenvalue weighted by atomic mass is 32.2. The van der Waals surface area contributed by atoms with Gasteiger partial charge in [0.1, 0.15) is 5.75 Å². The Labute approximate surface area is 134 Å². The van der Waals surface area contributed by atoms with Gasteiger partial charge in [-0.15, -0.1) is 0 Å². The van der Waals surface area contributed by atoms with E-state index in [0.29, 0.717) is 22.6 Å². The Morgan fingerprint density at radius 1 is 1.17 bits per heavy atom. The highest BCUT2D eigenvalue weighted by Crippen LogP contribution is 2.23. The smallest absolute Gasteiger partial charge is 0.307 e. The van der Waals surface area contributed by atoms with Gasteiger partial charge in [0.05, 0.1) is 18.4 Å². The van der Waals surface area contributed by atoms with Gasteiger partial charge >= 0.3 is 5.97 Å². The standard InChI is InChI=1S/C16H17NO5S/c1-11-9-14(7-8-15(11)22-2)23(20,21)17-13-5-3-12(4-6-13)10-16(18)19/h3-9,17H,10H2,1-2H3,(H,18,19). The first-order valence-corrected chi connectivity index (χ1v) is 8.28. The van der Waals surface area contributed by atoms with Crippen molar-refractivity contribution in [2.24, 2.45) is 0 Å². The van der Waals surface area contributed by atoms with Crippen LogP contribution in [0.3, 0.4) is 0 Å². The molecule has 0 saturated carbocycles. The van der Waals surface area contributed by atoms with Gasteiger partial charge in [0.2, 0.25) is 0 Å². The van der Waals surface area contributed by atoms with E-state index in [4.69, 9.17) is 9.84 Å². The van der Waals surface area contributed by atoms with Gasteiger partial charge in [-0.2, -0.15) is 0 Å². The summed E-state index contributed by atoms with van der Waals surface area (Å²) < 4.78 is 32.3. The lowest BCUT2D eigenvalue weighted by Crippen LogP contribution is -2.13. The van der Waals surface area contributed by atoms with Gasteiger partial charge in [-0.25, -0.2) is 8.42 Å². The van der Waals surface area contributed by atoms with Crippen molar-refractivity contribution in [3.63, 3.8) is 0 Å². The minimum atomic E-state index is -3.72. The second-order valence-electron chi connectivity index (χ2n) is 5.00. The molecule has 0 spiro atoms. The van der Waals surface area contributed by atoms with Gasteiger partial charge in [0, 0.05) is 5.69 Å². The van der Waals surface area contributed by atoms with Crippen LogP contribution in [-0.4, -0.2) is 26.6 Å². The minimum absolute atomic E-state index is 0.106. The van der Waals surface area contributed by atoms with Crippen molar-refractivity contribution in [2.45, 2.75) is 18.2 Å². The topological polar surface area (TPSA) is 92.7 Å². The van der Waals surface area contributed by atoms with Crippen molar-refractivity contribution >= 4 is 21.7 Å². The third-order valence-corrected chi connectivity index (χ3v) is 4.62. The Bertz CT molecular complexity index is 813. The fourth-order valence-electron chi connectivity index (χ4n) is 2.10. The highest BCUT2D eigenvalue weighted by molar-refractivity contribution is 7.92. The van der Waals surface area contributed by atoms with E-state index in [1.54, 1.807) is 25.1 Å². The molecule has 23 heavy (non-hydrogen) atoms. The van der Waals surface area contributed by atoms with E-state index in [1.807, 2.05) is 0 Å². The van der Waals surface area contributed by atoms with Crippen LogP contribution < -0.4 is 9.46 Å². The number of carboxylic acids is 1. The Kier molecular flexibility index (Phi) is 4.90. The average molecular weight is 335 g/mol. The largest absolute Gasteiger partial charge is 0.496 e. The molecule has 0 aliphatic rings. The number of aryl methyl sites for hydroxylation is 1. The lowest BCUT2D eigenvalue weighted by atomic mass is 10.1. The first-order chi connectivity index (χ1) is 10.8. The van der Waals surface area contributed by atoms with E-state index in [1.165, 1.54) is 31.4 Å². The molecule has 0 radical (unpaired) electrons. The summed E-state index contributed by atoms with van der Waals surface area (Å²) in [6.45, 7) is 1.76. The van der Waals surface area contributed by atoms with E-state index in [9.17, 15) is 13.2 Å². The molecule has 2 aromatic carbocycles. The minimum Gasteiger partial charge on any atom is -0.496 e. The fraction of sp³-hybridized carbons (Fsp3) is 0.188. The monoisotopic (exact) mass is 335 g/mol. The van der Waals surface area contributed by atoms with Gasteiger partial charge < -0.3 is 9.84 Å². The molecule has 0 aliphatic heterocycles. The number of ether oxygens (including phenoxy) is 1. The molecule has 0 heterocycles. The molecule has 0 aromatic heterocycles. The van der Waals surface area contributed by atoms with E-state index < -0.39 is 16.0 Å². The number of methoxy groups -OCH3 is 1. The molecule has 7 heteroatoms. The van der Waals surface area contributed by atoms with Gasteiger partial charge in [-0.1, -0.05) is 12.1 Å². The van der Waals surface area contributed by atoms with Crippen LogP contribution in [0.1, 0.15) is 11.1 Å². The van der Waals surface area contributed by atoms with E-state index in [-0.39, 0.29) is 11.3 Å². The number of rotatable bonds is 6. The Hall–Kier alpha value is -2.54. The van der Waals surface area contributed by atoms with Crippen molar-refractivity contribution in [1.29, 1.82) is 0 Å². The fourth-order valence-corrected chi connectivity index (χ4v) is 3.24. The van der Waals surface area contributed by atoms with Crippen molar-refractivity contribution < 1.29 is 23.1 Å². The number of nitrogens with one attached hydrogen (secondary N) is 1. The number of benzene rings is 2. The summed E-state index contributed by atoms with van der Waals surface area (Å²) in [5.41, 5.74) is 1.68. The van der Waals surface area contributed by atoms with E-state index in [0.717, 1.165) is 0 Å². The lowest BCUT2D eigenvalue weighted by Gasteiger charge is -2.11. The molecule has 2 rings (SSSR count). The van der Waals surface area contributed by atoms with Crippen LogP contribution in [0, 0.1) is 6.92 Å². The molecular weight excluding hydrogens is 318 g/mol. The third-order valence-electron chi connectivity index (χ3n) is 3.24. The van der Waals surface area contributed by atoms with Crippen molar-refractivity contribution in [2.75, 3.05) is 11.8 Å². The zero-order valence-corrected chi connectivity index (χ0v) is 13.6. The zero-order valence-electron chi connectivity index (χ0n) is 12.7. The number of hydrogen-bond donors (Lipinski definition) is 2. The molecule has 0 amide bonds. The quantitative estimate of drug-likeness (QED) is 0.846. The highest BCUT2D eigenvalue weighted by Gasteiger charge is 2.15. The normalized spacial score (nSPS) is 11.0. The second kappa shape index (κ2) is 6.70. The lowest BCUT2D eigenvalue weighted by molar-refractivity contribution is -0.136. The molecule has 122 valence electrons. The summed E-state index contributed by atoms with van der Waals surface area (Å²) >= 11 is 0. The molecule has 2 aromatic rings. The van der Waals surface area contributed by atoms with Crippen LogP contribution in [0.4, 0.5) is 5.69 Å². The first kappa shape index (κ1) is 16.8. The van der Waals surface area contributed by atoms with Gasteiger partial charge in [0.15, 0.2) is 0 Å². The molecule has 0 fully saturated rings. The molecule has 0 bridgehead atoms. The number of anilines is 1. The summed E-state index contributed by atoms with van der Waals surface area (Å²) in [7, 11) is -2.20. The maximum Gasteiger partial charge on any atom is 0.307 e. The van der Waals surface area contributed by atoms with Gasteiger partial charge in [-0.3, -0.25) is 9.52 Å². The molecular formula is C16H17NO5S. The van der Waals surface area contributed by atoms with Crippen LogP contribution in [0.2, 0.25) is 0 Å². The Balaban J connectivity index is 2.20. The van der Waals surface area contributed by atoms with Crippen molar-refractivity contribution in [3.8, 4) is 5.75 Å². The maximum absolute atomic E-state index is 12.4. The Morgan fingerprint density at radius 2 is 1.83 bits per heavy atom. The third kappa shape index (κ3) is 4.23.